The summed E-state index contributed by atoms with van der Waals surface area (Å²) in [4.78, 5) is 0.211. The van der Waals surface area contributed by atoms with Crippen molar-refractivity contribution in [3.05, 3.63) is 21.1 Å². The third-order valence-electron chi connectivity index (χ3n) is 3.40. The van der Waals surface area contributed by atoms with E-state index in [1.165, 1.54) is 0 Å². The molecular formula is C13H18Br2N2O2S2. The Morgan fingerprint density at radius 2 is 1.95 bits per heavy atom. The second kappa shape index (κ2) is 7.21. The summed E-state index contributed by atoms with van der Waals surface area (Å²) < 4.78 is 28.9. The lowest BCUT2D eigenvalue weighted by Gasteiger charge is -2.16. The molecule has 2 atom stereocenters. The van der Waals surface area contributed by atoms with Crippen LogP contribution >= 0.6 is 43.6 Å². The fraction of sp³-hybridized carbons (Fsp3) is 0.538. The van der Waals surface area contributed by atoms with Crippen LogP contribution in [0.2, 0.25) is 0 Å². The summed E-state index contributed by atoms with van der Waals surface area (Å²) in [5, 5.41) is 0.556. The molecule has 1 fully saturated rings. The third kappa shape index (κ3) is 4.37. The van der Waals surface area contributed by atoms with Gasteiger partial charge in [0.25, 0.3) is 0 Å². The Bertz CT molecular complexity index is 600. The van der Waals surface area contributed by atoms with Crippen molar-refractivity contribution in [2.24, 2.45) is 0 Å². The molecule has 1 aromatic rings. The molecule has 118 valence electrons. The molecule has 2 rings (SSSR count). The van der Waals surface area contributed by atoms with Gasteiger partial charge in [0, 0.05) is 25.9 Å². The Kier molecular flexibility index (Phi) is 6.04. The largest absolute Gasteiger partial charge is 0.399 e. The van der Waals surface area contributed by atoms with Gasteiger partial charge in [0.15, 0.2) is 0 Å². The standard InChI is InChI=1S/C13H18Br2N2O2S2/c1-2-20-10-4-3-9(7-10)17-21(18,19)13-11(14)5-8(16)6-12(13)15/h5-6,9-10,17H,2-4,7,16H2,1H3. The van der Waals surface area contributed by atoms with E-state index in [9.17, 15) is 8.42 Å². The Hall–Kier alpha value is 0.240. The highest BCUT2D eigenvalue weighted by Crippen LogP contribution is 2.34. The van der Waals surface area contributed by atoms with Gasteiger partial charge in [-0.3, -0.25) is 0 Å². The minimum atomic E-state index is -3.57. The predicted molar refractivity (Wildman–Crippen MR) is 96.1 cm³/mol. The highest BCUT2D eigenvalue weighted by Gasteiger charge is 2.30. The number of nitrogens with two attached hydrogens (primary N) is 1. The van der Waals surface area contributed by atoms with Crippen molar-refractivity contribution in [1.29, 1.82) is 0 Å². The van der Waals surface area contributed by atoms with E-state index >= 15 is 0 Å². The number of hydrogen-bond donors (Lipinski definition) is 2. The SMILES string of the molecule is CCSC1CCC(NS(=O)(=O)c2c(Br)cc(N)cc2Br)C1. The average Bonchev–Trinajstić information content (AvgIpc) is 2.74. The number of benzene rings is 1. The minimum Gasteiger partial charge on any atom is -0.399 e. The molecule has 0 aromatic heterocycles. The molecule has 0 radical (unpaired) electrons. The van der Waals surface area contributed by atoms with E-state index < -0.39 is 10.0 Å². The molecule has 0 amide bonds. The van der Waals surface area contributed by atoms with E-state index in [-0.39, 0.29) is 10.9 Å². The Balaban J connectivity index is 2.17. The predicted octanol–water partition coefficient (Wildman–Crippen LogP) is 3.75. The Labute approximate surface area is 146 Å². The molecule has 1 saturated carbocycles. The van der Waals surface area contributed by atoms with Gasteiger partial charge in [-0.1, -0.05) is 6.92 Å². The van der Waals surface area contributed by atoms with E-state index in [0.717, 1.165) is 25.0 Å². The molecule has 0 saturated heterocycles. The van der Waals surface area contributed by atoms with Gasteiger partial charge in [0.1, 0.15) is 4.90 Å². The minimum absolute atomic E-state index is 0.00963. The fourth-order valence-corrected chi connectivity index (χ4v) is 7.59. The number of sulfonamides is 1. The maximum Gasteiger partial charge on any atom is 0.243 e. The van der Waals surface area contributed by atoms with Crippen LogP contribution in [-0.4, -0.2) is 25.5 Å². The van der Waals surface area contributed by atoms with Crippen LogP contribution in [0.4, 0.5) is 5.69 Å². The van der Waals surface area contributed by atoms with Crippen LogP contribution in [0.25, 0.3) is 0 Å². The molecular weight excluding hydrogens is 440 g/mol. The van der Waals surface area contributed by atoms with Gasteiger partial charge in [-0.15, -0.1) is 0 Å². The number of nitrogen functional groups attached to an aromatic ring is 1. The first-order valence-electron chi connectivity index (χ1n) is 6.72. The lowest BCUT2D eigenvalue weighted by Crippen LogP contribution is -2.33. The van der Waals surface area contributed by atoms with Crippen LogP contribution in [0.1, 0.15) is 26.2 Å². The number of halogens is 2. The van der Waals surface area contributed by atoms with Crippen LogP contribution in [0.5, 0.6) is 0 Å². The van der Waals surface area contributed by atoms with Gasteiger partial charge >= 0.3 is 0 Å². The molecule has 2 unspecified atom stereocenters. The number of rotatable bonds is 5. The summed E-state index contributed by atoms with van der Waals surface area (Å²) in [7, 11) is -3.57. The average molecular weight is 458 g/mol. The van der Waals surface area contributed by atoms with E-state index in [2.05, 4.69) is 43.5 Å². The van der Waals surface area contributed by atoms with E-state index in [4.69, 9.17) is 5.73 Å². The molecule has 1 aromatic carbocycles. The molecule has 1 aliphatic carbocycles. The smallest absolute Gasteiger partial charge is 0.243 e. The first-order valence-corrected chi connectivity index (χ1v) is 10.8. The summed E-state index contributed by atoms with van der Waals surface area (Å²) in [6.45, 7) is 2.13. The van der Waals surface area contributed by atoms with Gasteiger partial charge < -0.3 is 5.73 Å². The van der Waals surface area contributed by atoms with E-state index in [1.807, 2.05) is 11.8 Å². The Morgan fingerprint density at radius 1 is 1.33 bits per heavy atom. The molecule has 0 heterocycles. The molecule has 0 bridgehead atoms. The lowest BCUT2D eigenvalue weighted by atomic mass is 10.3. The number of hydrogen-bond acceptors (Lipinski definition) is 4. The zero-order valence-corrected chi connectivity index (χ0v) is 16.4. The van der Waals surface area contributed by atoms with Crippen LogP contribution in [0, 0.1) is 0 Å². The van der Waals surface area contributed by atoms with Gasteiger partial charge in [0.05, 0.1) is 0 Å². The van der Waals surface area contributed by atoms with Gasteiger partial charge in [0.2, 0.25) is 10.0 Å². The molecule has 4 nitrogen and oxygen atoms in total. The third-order valence-corrected chi connectivity index (χ3v) is 8.03. The van der Waals surface area contributed by atoms with Crippen molar-refractivity contribution < 1.29 is 8.42 Å². The molecule has 3 N–H and O–H groups in total. The first-order chi connectivity index (χ1) is 9.83. The van der Waals surface area contributed by atoms with Crippen molar-refractivity contribution in [3.8, 4) is 0 Å². The van der Waals surface area contributed by atoms with Gasteiger partial charge in [-0.2, -0.15) is 11.8 Å². The van der Waals surface area contributed by atoms with Crippen molar-refractivity contribution in [1.82, 2.24) is 4.72 Å². The quantitative estimate of drug-likeness (QED) is 0.660. The summed E-state index contributed by atoms with van der Waals surface area (Å²) in [6.07, 6.45) is 2.85. The Morgan fingerprint density at radius 3 is 2.52 bits per heavy atom. The first kappa shape index (κ1) is 17.6. The van der Waals surface area contributed by atoms with E-state index in [1.54, 1.807) is 12.1 Å². The molecule has 1 aliphatic rings. The van der Waals surface area contributed by atoms with Gasteiger partial charge in [-0.25, -0.2) is 13.1 Å². The second-order valence-electron chi connectivity index (χ2n) is 5.02. The van der Waals surface area contributed by atoms with Crippen molar-refractivity contribution in [3.63, 3.8) is 0 Å². The summed E-state index contributed by atoms with van der Waals surface area (Å²) >= 11 is 8.48. The highest BCUT2D eigenvalue weighted by molar-refractivity contribution is 9.11. The normalized spacial score (nSPS) is 22.6. The zero-order chi connectivity index (χ0) is 15.6. The fourth-order valence-electron chi connectivity index (χ4n) is 2.55. The summed E-state index contributed by atoms with van der Waals surface area (Å²) in [5.74, 6) is 1.07. The number of anilines is 1. The summed E-state index contributed by atoms with van der Waals surface area (Å²) in [6, 6.07) is 3.21. The molecule has 0 aliphatic heterocycles. The topological polar surface area (TPSA) is 72.2 Å². The number of nitrogens with one attached hydrogen (secondary N) is 1. The van der Waals surface area contributed by atoms with Crippen molar-refractivity contribution in [2.75, 3.05) is 11.5 Å². The van der Waals surface area contributed by atoms with Crippen LogP contribution in [-0.2, 0) is 10.0 Å². The lowest BCUT2D eigenvalue weighted by molar-refractivity contribution is 0.551. The summed E-state index contributed by atoms with van der Waals surface area (Å²) in [5.41, 5.74) is 6.22. The van der Waals surface area contributed by atoms with Crippen LogP contribution in [0.15, 0.2) is 26.0 Å². The van der Waals surface area contributed by atoms with Crippen LogP contribution < -0.4 is 10.5 Å². The van der Waals surface area contributed by atoms with Gasteiger partial charge in [-0.05, 0) is 69.0 Å². The molecule has 8 heteroatoms. The maximum absolute atomic E-state index is 12.6. The molecule has 0 spiro atoms. The second-order valence-corrected chi connectivity index (χ2v) is 9.96. The maximum atomic E-state index is 12.6. The van der Waals surface area contributed by atoms with Crippen molar-refractivity contribution >= 4 is 59.3 Å². The van der Waals surface area contributed by atoms with Crippen molar-refractivity contribution in [2.45, 2.75) is 42.4 Å². The highest BCUT2D eigenvalue weighted by atomic mass is 79.9. The number of thioether (sulfide) groups is 1. The van der Waals surface area contributed by atoms with Crippen LogP contribution in [0.3, 0.4) is 0 Å². The monoisotopic (exact) mass is 456 g/mol. The van der Waals surface area contributed by atoms with E-state index in [0.29, 0.717) is 19.9 Å². The molecule has 21 heavy (non-hydrogen) atoms. The zero-order valence-electron chi connectivity index (χ0n) is 11.6.